The van der Waals surface area contributed by atoms with Gasteiger partial charge in [0.1, 0.15) is 11.0 Å². The van der Waals surface area contributed by atoms with Crippen molar-refractivity contribution in [2.45, 2.75) is 34.8 Å². The summed E-state index contributed by atoms with van der Waals surface area (Å²) in [5.41, 5.74) is 0.697. The SMILES string of the molecule is CCOC(=O)CCc1ccc2c(c1OC)C(S(=O)(=O)c1ccccc1)CS2(=O)=O. The summed E-state index contributed by atoms with van der Waals surface area (Å²) < 4.78 is 62.2. The number of hydrogen-bond acceptors (Lipinski definition) is 7. The predicted octanol–water partition coefficient (Wildman–Crippen LogP) is 2.49. The fraction of sp³-hybridized carbons (Fsp3) is 0.350. The minimum absolute atomic E-state index is 0.0428. The quantitative estimate of drug-likeness (QED) is 0.612. The molecule has 0 fully saturated rings. The van der Waals surface area contributed by atoms with Gasteiger partial charge in [-0.1, -0.05) is 24.3 Å². The molecule has 0 N–H and O–H groups in total. The van der Waals surface area contributed by atoms with Gasteiger partial charge in [-0.25, -0.2) is 16.8 Å². The molecule has 0 saturated heterocycles. The first-order valence-corrected chi connectivity index (χ1v) is 12.3. The van der Waals surface area contributed by atoms with Crippen LogP contribution < -0.4 is 4.74 Å². The summed E-state index contributed by atoms with van der Waals surface area (Å²) in [7, 11) is -6.39. The monoisotopic (exact) mass is 438 g/mol. The highest BCUT2D eigenvalue weighted by molar-refractivity contribution is 7.96. The van der Waals surface area contributed by atoms with Gasteiger partial charge in [0, 0.05) is 12.0 Å². The molecule has 2 aromatic rings. The zero-order chi connectivity index (χ0) is 21.2. The van der Waals surface area contributed by atoms with Crippen LogP contribution in [0, 0.1) is 0 Å². The summed E-state index contributed by atoms with van der Waals surface area (Å²) in [6.45, 7) is 1.97. The molecule has 0 bridgehead atoms. The highest BCUT2D eigenvalue weighted by Gasteiger charge is 2.45. The van der Waals surface area contributed by atoms with Gasteiger partial charge >= 0.3 is 5.97 Å². The maximum absolute atomic E-state index is 13.2. The molecular weight excluding hydrogens is 416 g/mol. The molecule has 156 valence electrons. The van der Waals surface area contributed by atoms with Gasteiger partial charge < -0.3 is 9.47 Å². The Bertz CT molecular complexity index is 1120. The zero-order valence-electron chi connectivity index (χ0n) is 16.1. The van der Waals surface area contributed by atoms with Crippen LogP contribution in [0.2, 0.25) is 0 Å². The van der Waals surface area contributed by atoms with Gasteiger partial charge in [0.15, 0.2) is 19.7 Å². The van der Waals surface area contributed by atoms with Gasteiger partial charge in [-0.15, -0.1) is 0 Å². The van der Waals surface area contributed by atoms with E-state index in [0.29, 0.717) is 5.56 Å². The molecule has 0 saturated carbocycles. The van der Waals surface area contributed by atoms with Crippen LogP contribution in [0.25, 0.3) is 0 Å². The fourth-order valence-corrected chi connectivity index (χ4v) is 7.83. The third-order valence-electron chi connectivity index (χ3n) is 4.82. The van der Waals surface area contributed by atoms with E-state index >= 15 is 0 Å². The van der Waals surface area contributed by atoms with Crippen molar-refractivity contribution in [2.24, 2.45) is 0 Å². The maximum atomic E-state index is 13.2. The Kier molecular flexibility index (Phi) is 6.00. The number of carbonyl (C=O) groups is 1. The molecule has 0 aliphatic carbocycles. The van der Waals surface area contributed by atoms with E-state index in [-0.39, 0.29) is 40.6 Å². The molecule has 29 heavy (non-hydrogen) atoms. The number of carbonyl (C=O) groups excluding carboxylic acids is 1. The van der Waals surface area contributed by atoms with E-state index in [0.717, 1.165) is 0 Å². The second-order valence-corrected chi connectivity index (χ2v) is 10.7. The van der Waals surface area contributed by atoms with Crippen molar-refractivity contribution in [1.29, 1.82) is 0 Å². The Morgan fingerprint density at radius 3 is 2.45 bits per heavy atom. The number of esters is 1. The summed E-state index contributed by atoms with van der Waals surface area (Å²) in [4.78, 5) is 11.7. The number of rotatable bonds is 7. The molecule has 0 aromatic heterocycles. The molecule has 0 radical (unpaired) electrons. The largest absolute Gasteiger partial charge is 0.496 e. The fourth-order valence-electron chi connectivity index (χ4n) is 3.50. The van der Waals surface area contributed by atoms with Crippen molar-refractivity contribution in [3.05, 3.63) is 53.6 Å². The number of hydrogen-bond donors (Lipinski definition) is 0. The van der Waals surface area contributed by atoms with Crippen molar-refractivity contribution in [3.8, 4) is 5.75 Å². The summed E-state index contributed by atoms with van der Waals surface area (Å²) in [6, 6.07) is 10.7. The van der Waals surface area contributed by atoms with Gasteiger partial charge in [-0.3, -0.25) is 4.79 Å². The van der Waals surface area contributed by atoms with Crippen molar-refractivity contribution >= 4 is 25.6 Å². The lowest BCUT2D eigenvalue weighted by molar-refractivity contribution is -0.143. The molecular formula is C20H22O7S2. The van der Waals surface area contributed by atoms with Gasteiger partial charge in [0.05, 0.1) is 29.3 Å². The Balaban J connectivity index is 2.10. The first kappa shape index (κ1) is 21.3. The number of aryl methyl sites for hydroxylation is 1. The Morgan fingerprint density at radius 1 is 1.14 bits per heavy atom. The van der Waals surface area contributed by atoms with Crippen LogP contribution in [0.15, 0.2) is 52.3 Å². The van der Waals surface area contributed by atoms with E-state index in [9.17, 15) is 21.6 Å². The molecule has 2 aromatic carbocycles. The summed E-state index contributed by atoms with van der Waals surface area (Å²) >= 11 is 0. The number of sulfone groups is 2. The first-order chi connectivity index (χ1) is 13.7. The second kappa shape index (κ2) is 8.16. The van der Waals surface area contributed by atoms with E-state index in [4.69, 9.17) is 9.47 Å². The van der Waals surface area contributed by atoms with Crippen LogP contribution in [0.5, 0.6) is 5.75 Å². The summed E-state index contributed by atoms with van der Waals surface area (Å²) in [6.07, 6.45) is 0.319. The third-order valence-corrected chi connectivity index (χ3v) is 8.91. The lowest BCUT2D eigenvalue weighted by Crippen LogP contribution is -2.16. The van der Waals surface area contributed by atoms with Crippen LogP contribution in [0.3, 0.4) is 0 Å². The van der Waals surface area contributed by atoms with Gasteiger partial charge in [-0.2, -0.15) is 0 Å². The molecule has 1 unspecified atom stereocenters. The number of benzene rings is 2. The molecule has 9 heteroatoms. The minimum atomic E-state index is -3.96. The number of ether oxygens (including phenoxy) is 2. The van der Waals surface area contributed by atoms with Crippen LogP contribution in [0.4, 0.5) is 0 Å². The molecule has 3 rings (SSSR count). The summed E-state index contributed by atoms with van der Waals surface area (Å²) in [5, 5.41) is -1.28. The van der Waals surface area contributed by atoms with E-state index < -0.39 is 36.6 Å². The molecule has 0 amide bonds. The third kappa shape index (κ3) is 4.02. The van der Waals surface area contributed by atoms with E-state index in [1.54, 1.807) is 31.2 Å². The number of methoxy groups -OCH3 is 1. The van der Waals surface area contributed by atoms with Gasteiger partial charge in [0.25, 0.3) is 0 Å². The lowest BCUT2D eigenvalue weighted by atomic mass is 10.0. The lowest BCUT2D eigenvalue weighted by Gasteiger charge is -2.17. The molecule has 0 spiro atoms. The van der Waals surface area contributed by atoms with Crippen LogP contribution in [-0.4, -0.2) is 42.3 Å². The van der Waals surface area contributed by atoms with Crippen LogP contribution in [-0.2, 0) is 35.6 Å². The first-order valence-electron chi connectivity index (χ1n) is 9.09. The Hall–Kier alpha value is -2.39. The topological polar surface area (TPSA) is 104 Å². The smallest absolute Gasteiger partial charge is 0.306 e. The van der Waals surface area contributed by atoms with E-state index in [1.165, 1.54) is 25.3 Å². The highest BCUT2D eigenvalue weighted by Crippen LogP contribution is 2.47. The van der Waals surface area contributed by atoms with Crippen molar-refractivity contribution in [2.75, 3.05) is 19.5 Å². The maximum Gasteiger partial charge on any atom is 0.306 e. The van der Waals surface area contributed by atoms with E-state index in [1.807, 2.05) is 0 Å². The highest BCUT2D eigenvalue weighted by atomic mass is 32.2. The Labute approximate surface area is 170 Å². The van der Waals surface area contributed by atoms with Crippen molar-refractivity contribution in [3.63, 3.8) is 0 Å². The van der Waals surface area contributed by atoms with Gasteiger partial charge in [-0.05, 0) is 37.1 Å². The zero-order valence-corrected chi connectivity index (χ0v) is 17.8. The predicted molar refractivity (Wildman–Crippen MR) is 106 cm³/mol. The molecule has 7 nitrogen and oxygen atoms in total. The van der Waals surface area contributed by atoms with Crippen molar-refractivity contribution in [1.82, 2.24) is 0 Å². The second-order valence-electron chi connectivity index (χ2n) is 6.60. The molecule has 1 aliphatic heterocycles. The average molecular weight is 439 g/mol. The minimum Gasteiger partial charge on any atom is -0.496 e. The molecule has 1 atom stereocenters. The van der Waals surface area contributed by atoms with E-state index in [2.05, 4.69) is 0 Å². The molecule has 1 aliphatic rings. The molecule has 1 heterocycles. The number of fused-ring (bicyclic) bond motifs is 1. The van der Waals surface area contributed by atoms with Crippen LogP contribution in [0.1, 0.15) is 29.7 Å². The normalized spacial score (nSPS) is 17.5. The van der Waals surface area contributed by atoms with Gasteiger partial charge in [0.2, 0.25) is 0 Å². The Morgan fingerprint density at radius 2 is 1.83 bits per heavy atom. The van der Waals surface area contributed by atoms with Crippen LogP contribution >= 0.6 is 0 Å². The standard InChI is InChI=1S/C20H22O7S2/c1-3-27-18(21)12-10-14-9-11-16-19(20(14)26-2)17(13-28(16,22)23)29(24,25)15-7-5-4-6-8-15/h4-9,11,17H,3,10,12-13H2,1-2H3. The summed E-state index contributed by atoms with van der Waals surface area (Å²) in [5.74, 6) is -0.745. The van der Waals surface area contributed by atoms with Crippen molar-refractivity contribution < 1.29 is 31.1 Å². The average Bonchev–Trinajstić information content (AvgIpc) is 2.98.